The van der Waals surface area contributed by atoms with Crippen molar-refractivity contribution in [2.24, 2.45) is 5.92 Å². The molecule has 1 atom stereocenters. The van der Waals surface area contributed by atoms with Gasteiger partial charge in [-0.05, 0) is 42.2 Å². The summed E-state index contributed by atoms with van der Waals surface area (Å²) in [4.78, 5) is 14.4. The molecule has 1 aromatic rings. The number of H-pyrrole nitrogens is 1. The molecule has 1 saturated carbocycles. The second kappa shape index (κ2) is 2.25. The van der Waals surface area contributed by atoms with Crippen molar-refractivity contribution >= 4 is 0 Å². The van der Waals surface area contributed by atoms with Crippen LogP contribution in [0.15, 0.2) is 17.1 Å². The lowest BCUT2D eigenvalue weighted by Gasteiger charge is -2.46. The van der Waals surface area contributed by atoms with E-state index in [2.05, 4.69) is 18.0 Å². The second-order valence-corrected chi connectivity index (χ2v) is 4.39. The Morgan fingerprint density at radius 3 is 2.92 bits per heavy atom. The molecule has 0 aromatic carbocycles. The highest BCUT2D eigenvalue weighted by Gasteiger charge is 2.42. The summed E-state index contributed by atoms with van der Waals surface area (Å²) in [7, 11) is 0. The van der Waals surface area contributed by atoms with Crippen molar-refractivity contribution in [1.29, 1.82) is 0 Å². The first kappa shape index (κ1) is 7.36. The third-order valence-electron chi connectivity index (χ3n) is 3.81. The number of pyridine rings is 1. The van der Waals surface area contributed by atoms with Crippen LogP contribution in [0, 0.1) is 5.92 Å². The van der Waals surface area contributed by atoms with Gasteiger partial charge < -0.3 is 4.98 Å². The Balaban J connectivity index is 2.28. The van der Waals surface area contributed by atoms with Crippen molar-refractivity contribution < 1.29 is 0 Å². The molecule has 3 aliphatic carbocycles. The summed E-state index contributed by atoms with van der Waals surface area (Å²) >= 11 is 0. The summed E-state index contributed by atoms with van der Waals surface area (Å²) in [5, 5.41) is 0. The van der Waals surface area contributed by atoms with E-state index in [9.17, 15) is 4.79 Å². The summed E-state index contributed by atoms with van der Waals surface area (Å²) in [5.41, 5.74) is 2.52. The standard InChI is InChI=1S/C11H13NO/c1-6-7-4-8(5-7)9-2-3-12-11(13)10(6)9/h2-3,6-8H,4-5H2,1H3,(H,12,13). The molecule has 2 heteroatoms. The van der Waals surface area contributed by atoms with Crippen molar-refractivity contribution in [3.63, 3.8) is 0 Å². The van der Waals surface area contributed by atoms with Gasteiger partial charge in [0, 0.05) is 11.8 Å². The maximum Gasteiger partial charge on any atom is 0.251 e. The Bertz CT molecular complexity index is 401. The summed E-state index contributed by atoms with van der Waals surface area (Å²) in [6.45, 7) is 2.19. The van der Waals surface area contributed by atoms with Gasteiger partial charge in [0.05, 0.1) is 0 Å². The lowest BCUT2D eigenvalue weighted by Crippen LogP contribution is -2.37. The van der Waals surface area contributed by atoms with Gasteiger partial charge in [0.1, 0.15) is 0 Å². The van der Waals surface area contributed by atoms with E-state index in [-0.39, 0.29) is 5.56 Å². The van der Waals surface area contributed by atoms with Gasteiger partial charge in [-0.1, -0.05) is 6.92 Å². The Hall–Kier alpha value is -1.05. The molecule has 4 rings (SSSR count). The first-order valence-corrected chi connectivity index (χ1v) is 4.99. The average molecular weight is 175 g/mol. The zero-order chi connectivity index (χ0) is 9.00. The van der Waals surface area contributed by atoms with Crippen molar-refractivity contribution in [3.05, 3.63) is 33.7 Å². The van der Waals surface area contributed by atoms with Crippen molar-refractivity contribution in [3.8, 4) is 0 Å². The minimum absolute atomic E-state index is 0.138. The molecule has 0 saturated heterocycles. The van der Waals surface area contributed by atoms with Gasteiger partial charge >= 0.3 is 0 Å². The maximum absolute atomic E-state index is 11.6. The predicted molar refractivity (Wildman–Crippen MR) is 50.9 cm³/mol. The molecule has 1 aromatic heterocycles. The van der Waals surface area contributed by atoms with Crippen LogP contribution in [0.2, 0.25) is 0 Å². The molecule has 2 nitrogen and oxygen atoms in total. The van der Waals surface area contributed by atoms with Crippen molar-refractivity contribution in [2.45, 2.75) is 31.6 Å². The van der Waals surface area contributed by atoms with E-state index in [0.29, 0.717) is 11.8 Å². The molecule has 0 amide bonds. The van der Waals surface area contributed by atoms with Crippen LogP contribution >= 0.6 is 0 Å². The quantitative estimate of drug-likeness (QED) is 0.642. The fourth-order valence-electron chi connectivity index (χ4n) is 2.89. The predicted octanol–water partition coefficient (Wildman–Crippen LogP) is 1.99. The normalized spacial score (nSPS) is 35.0. The van der Waals surface area contributed by atoms with Gasteiger partial charge in [-0.2, -0.15) is 0 Å². The van der Waals surface area contributed by atoms with E-state index in [4.69, 9.17) is 0 Å². The third kappa shape index (κ3) is 0.808. The van der Waals surface area contributed by atoms with Gasteiger partial charge in [0.25, 0.3) is 5.56 Å². The highest BCUT2D eigenvalue weighted by atomic mass is 16.1. The number of aromatic amines is 1. The SMILES string of the molecule is CC1c2c(cc[nH]c2=O)C2CC1C2. The molecule has 3 aliphatic rings. The van der Waals surface area contributed by atoms with E-state index in [1.807, 2.05) is 0 Å². The first-order chi connectivity index (χ1) is 6.27. The molecule has 1 heterocycles. The van der Waals surface area contributed by atoms with E-state index in [1.165, 1.54) is 18.4 Å². The molecule has 0 radical (unpaired) electrons. The van der Waals surface area contributed by atoms with Gasteiger partial charge in [-0.15, -0.1) is 0 Å². The van der Waals surface area contributed by atoms with E-state index < -0.39 is 0 Å². The molecular formula is C11H13NO. The molecule has 0 spiro atoms. The summed E-state index contributed by atoms with van der Waals surface area (Å²) < 4.78 is 0. The summed E-state index contributed by atoms with van der Waals surface area (Å²) in [6, 6.07) is 2.09. The average Bonchev–Trinajstić information content (AvgIpc) is 2.01. The van der Waals surface area contributed by atoms with Crippen molar-refractivity contribution in [2.75, 3.05) is 0 Å². The third-order valence-corrected chi connectivity index (χ3v) is 3.81. The van der Waals surface area contributed by atoms with Crippen LogP contribution in [-0.4, -0.2) is 4.98 Å². The lowest BCUT2D eigenvalue weighted by atomic mass is 9.58. The molecule has 1 unspecified atom stereocenters. The first-order valence-electron chi connectivity index (χ1n) is 4.99. The zero-order valence-electron chi connectivity index (χ0n) is 7.71. The summed E-state index contributed by atoms with van der Waals surface area (Å²) in [6.07, 6.45) is 4.39. The van der Waals surface area contributed by atoms with Crippen LogP contribution < -0.4 is 5.56 Å². The van der Waals surface area contributed by atoms with Gasteiger partial charge in [-0.25, -0.2) is 0 Å². The Morgan fingerprint density at radius 2 is 2.23 bits per heavy atom. The van der Waals surface area contributed by atoms with Crippen LogP contribution in [0.25, 0.3) is 0 Å². The number of rotatable bonds is 0. The number of nitrogens with one attached hydrogen (secondary N) is 1. The Labute approximate surface area is 77.0 Å². The van der Waals surface area contributed by atoms with E-state index in [1.54, 1.807) is 6.20 Å². The minimum atomic E-state index is 0.138. The monoisotopic (exact) mass is 175 g/mol. The van der Waals surface area contributed by atoms with Gasteiger partial charge in [0.15, 0.2) is 0 Å². The van der Waals surface area contributed by atoms with Crippen LogP contribution in [0.1, 0.15) is 42.7 Å². The Kier molecular flexibility index (Phi) is 1.27. The number of hydrogen-bond acceptors (Lipinski definition) is 1. The molecule has 0 aliphatic heterocycles. The lowest BCUT2D eigenvalue weighted by molar-refractivity contribution is 0.199. The van der Waals surface area contributed by atoms with Crippen LogP contribution in [0.3, 0.4) is 0 Å². The molecule has 68 valence electrons. The second-order valence-electron chi connectivity index (χ2n) is 4.39. The van der Waals surface area contributed by atoms with E-state index >= 15 is 0 Å². The zero-order valence-corrected chi connectivity index (χ0v) is 7.71. The maximum atomic E-state index is 11.6. The molecule has 2 bridgehead atoms. The highest BCUT2D eigenvalue weighted by molar-refractivity contribution is 5.37. The van der Waals surface area contributed by atoms with Crippen LogP contribution in [-0.2, 0) is 0 Å². The largest absolute Gasteiger partial charge is 0.329 e. The molecule has 1 fully saturated rings. The minimum Gasteiger partial charge on any atom is -0.329 e. The fourth-order valence-corrected chi connectivity index (χ4v) is 2.89. The summed E-state index contributed by atoms with van der Waals surface area (Å²) in [5.74, 6) is 1.95. The topological polar surface area (TPSA) is 32.9 Å². The van der Waals surface area contributed by atoms with Gasteiger partial charge in [-0.3, -0.25) is 4.79 Å². The molecule has 13 heavy (non-hydrogen) atoms. The van der Waals surface area contributed by atoms with Crippen LogP contribution in [0.5, 0.6) is 0 Å². The smallest absolute Gasteiger partial charge is 0.251 e. The fraction of sp³-hybridized carbons (Fsp3) is 0.545. The molecular weight excluding hydrogens is 162 g/mol. The molecule has 1 N–H and O–H groups in total. The Morgan fingerprint density at radius 1 is 1.46 bits per heavy atom. The van der Waals surface area contributed by atoms with Gasteiger partial charge in [0.2, 0.25) is 0 Å². The van der Waals surface area contributed by atoms with Crippen LogP contribution in [0.4, 0.5) is 0 Å². The highest BCUT2D eigenvalue weighted by Crippen LogP contribution is 2.54. The van der Waals surface area contributed by atoms with E-state index in [0.717, 1.165) is 11.5 Å². The number of hydrogen-bond donors (Lipinski definition) is 1. The van der Waals surface area contributed by atoms with Crippen molar-refractivity contribution in [1.82, 2.24) is 4.98 Å². The number of aromatic nitrogens is 1.